The Bertz CT molecular complexity index is 907. The lowest BCUT2D eigenvalue weighted by atomic mass is 10.1. The number of rotatable bonds is 3. The Morgan fingerprint density at radius 3 is 2.71 bits per heavy atom. The van der Waals surface area contributed by atoms with Gasteiger partial charge in [0.15, 0.2) is 0 Å². The lowest BCUT2D eigenvalue weighted by molar-refractivity contribution is -0.384. The van der Waals surface area contributed by atoms with E-state index in [1.807, 2.05) is 0 Å². The molecule has 0 aliphatic carbocycles. The van der Waals surface area contributed by atoms with Gasteiger partial charge in [0, 0.05) is 35.3 Å². The first-order valence-electron chi connectivity index (χ1n) is 6.62. The number of hydrogen-bond acceptors (Lipinski definition) is 6. The number of amides is 1. The number of carbonyl (C=O) groups excluding carboxylic acids is 1. The number of nitro benzene ring substituents is 1. The quantitative estimate of drug-likeness (QED) is 0.313. The molecule has 1 fully saturated rings. The first kappa shape index (κ1) is 16.9. The van der Waals surface area contributed by atoms with Crippen molar-refractivity contribution in [2.45, 2.75) is 0 Å². The van der Waals surface area contributed by atoms with Gasteiger partial charge in [-0.2, -0.15) is 0 Å². The SMILES string of the molecule is CN1C(=O)/C(=C\c2ccc(-c3ccc([N+](=O)[O-])cc3Br)o2)SC1=S. The monoisotopic (exact) mass is 424 g/mol. The molecular weight excluding hydrogens is 416 g/mol. The average Bonchev–Trinajstić information content (AvgIpc) is 3.08. The topological polar surface area (TPSA) is 76.6 Å². The van der Waals surface area contributed by atoms with Crippen molar-refractivity contribution in [3.63, 3.8) is 0 Å². The van der Waals surface area contributed by atoms with Crippen LogP contribution in [-0.4, -0.2) is 27.1 Å². The van der Waals surface area contributed by atoms with Crippen molar-refractivity contribution in [1.82, 2.24) is 4.90 Å². The van der Waals surface area contributed by atoms with E-state index < -0.39 is 4.92 Å². The summed E-state index contributed by atoms with van der Waals surface area (Å²) < 4.78 is 6.78. The number of likely N-dealkylation sites (N-methyl/N-ethyl adjacent to an activating group) is 1. The predicted octanol–water partition coefficient (Wildman–Crippen LogP) is 4.45. The van der Waals surface area contributed by atoms with E-state index in [0.29, 0.717) is 30.8 Å². The standard InChI is InChI=1S/C15H9BrN2O4S2/c1-17-14(19)13(24-15(17)23)7-9-3-5-12(22-9)10-4-2-8(18(20)21)6-11(10)16/h2-7H,1H3/b13-7+. The van der Waals surface area contributed by atoms with Gasteiger partial charge in [0.05, 0.1) is 9.83 Å². The van der Waals surface area contributed by atoms with E-state index in [1.165, 1.54) is 28.8 Å². The van der Waals surface area contributed by atoms with E-state index in [4.69, 9.17) is 16.6 Å². The second kappa shape index (κ2) is 6.50. The lowest BCUT2D eigenvalue weighted by Gasteiger charge is -2.03. The largest absolute Gasteiger partial charge is 0.457 e. The molecule has 6 nitrogen and oxygen atoms in total. The second-order valence-corrected chi connectivity index (χ2v) is 7.39. The van der Waals surface area contributed by atoms with Gasteiger partial charge in [-0.15, -0.1) is 0 Å². The molecule has 24 heavy (non-hydrogen) atoms. The Morgan fingerprint density at radius 1 is 1.38 bits per heavy atom. The van der Waals surface area contributed by atoms with Crippen molar-refractivity contribution in [3.05, 3.63) is 55.6 Å². The fraction of sp³-hybridized carbons (Fsp3) is 0.0667. The highest BCUT2D eigenvalue weighted by Gasteiger charge is 2.29. The molecule has 3 rings (SSSR count). The minimum atomic E-state index is -0.463. The molecular formula is C15H9BrN2O4S2. The summed E-state index contributed by atoms with van der Waals surface area (Å²) >= 11 is 9.61. The summed E-state index contributed by atoms with van der Waals surface area (Å²) in [7, 11) is 1.63. The molecule has 0 saturated carbocycles. The second-order valence-electron chi connectivity index (χ2n) is 4.86. The predicted molar refractivity (Wildman–Crippen MR) is 99.4 cm³/mol. The van der Waals surface area contributed by atoms with Gasteiger partial charge in [0.25, 0.3) is 11.6 Å². The van der Waals surface area contributed by atoms with Crippen LogP contribution in [0.2, 0.25) is 0 Å². The van der Waals surface area contributed by atoms with Gasteiger partial charge in [0.2, 0.25) is 0 Å². The lowest BCUT2D eigenvalue weighted by Crippen LogP contribution is -2.22. The Hall–Kier alpha value is -1.97. The van der Waals surface area contributed by atoms with Crippen LogP contribution in [0.15, 0.2) is 44.1 Å². The van der Waals surface area contributed by atoms with Crippen molar-refractivity contribution < 1.29 is 14.1 Å². The minimum absolute atomic E-state index is 0.0102. The number of non-ortho nitro benzene ring substituents is 1. The van der Waals surface area contributed by atoms with Crippen molar-refractivity contribution in [2.75, 3.05) is 7.05 Å². The number of furan rings is 1. The van der Waals surface area contributed by atoms with Crippen LogP contribution in [-0.2, 0) is 4.79 Å². The molecule has 1 aromatic carbocycles. The molecule has 9 heteroatoms. The van der Waals surface area contributed by atoms with Crippen LogP contribution in [0.3, 0.4) is 0 Å². The summed E-state index contributed by atoms with van der Waals surface area (Å²) in [6.07, 6.45) is 1.63. The molecule has 1 saturated heterocycles. The first-order chi connectivity index (χ1) is 11.4. The van der Waals surface area contributed by atoms with Crippen molar-refractivity contribution >= 4 is 61.9 Å². The molecule has 0 unspecified atom stereocenters. The van der Waals surface area contributed by atoms with E-state index in [2.05, 4.69) is 15.9 Å². The van der Waals surface area contributed by atoms with Gasteiger partial charge in [-0.1, -0.05) is 24.0 Å². The molecule has 2 aromatic rings. The third-order valence-electron chi connectivity index (χ3n) is 3.32. The van der Waals surface area contributed by atoms with Gasteiger partial charge >= 0.3 is 0 Å². The van der Waals surface area contributed by atoms with Crippen LogP contribution in [0, 0.1) is 10.1 Å². The first-order valence-corrected chi connectivity index (χ1v) is 8.64. The van der Waals surface area contributed by atoms with Crippen molar-refractivity contribution in [3.8, 4) is 11.3 Å². The molecule has 1 aromatic heterocycles. The smallest absolute Gasteiger partial charge is 0.270 e. The van der Waals surface area contributed by atoms with Gasteiger partial charge in [-0.05, 0) is 34.1 Å². The van der Waals surface area contributed by atoms with E-state index in [1.54, 1.807) is 31.3 Å². The summed E-state index contributed by atoms with van der Waals surface area (Å²) in [6, 6.07) is 7.90. The highest BCUT2D eigenvalue weighted by molar-refractivity contribution is 9.10. The third kappa shape index (κ3) is 3.14. The molecule has 0 bridgehead atoms. The van der Waals surface area contributed by atoms with Crippen LogP contribution >= 0.6 is 39.9 Å². The van der Waals surface area contributed by atoms with E-state index in [-0.39, 0.29) is 11.6 Å². The number of hydrogen-bond donors (Lipinski definition) is 0. The van der Waals surface area contributed by atoms with Crippen LogP contribution in [0.4, 0.5) is 5.69 Å². The fourth-order valence-electron chi connectivity index (χ4n) is 2.07. The normalized spacial score (nSPS) is 16.2. The van der Waals surface area contributed by atoms with Crippen LogP contribution in [0.1, 0.15) is 5.76 Å². The number of halogens is 1. The Kier molecular flexibility index (Phi) is 4.57. The van der Waals surface area contributed by atoms with Gasteiger partial charge in [-0.3, -0.25) is 19.8 Å². The number of nitrogens with zero attached hydrogens (tertiary/aromatic N) is 2. The van der Waals surface area contributed by atoms with Crippen molar-refractivity contribution in [1.29, 1.82) is 0 Å². The number of carbonyl (C=O) groups is 1. The number of thioether (sulfide) groups is 1. The van der Waals surface area contributed by atoms with Gasteiger partial charge in [-0.25, -0.2) is 0 Å². The van der Waals surface area contributed by atoms with Gasteiger partial charge in [0.1, 0.15) is 15.8 Å². The zero-order chi connectivity index (χ0) is 17.4. The highest BCUT2D eigenvalue weighted by Crippen LogP contribution is 2.35. The average molecular weight is 425 g/mol. The summed E-state index contributed by atoms with van der Waals surface area (Å²) in [5.74, 6) is 0.874. The zero-order valence-electron chi connectivity index (χ0n) is 12.2. The molecule has 0 spiro atoms. The molecule has 1 aliphatic rings. The van der Waals surface area contributed by atoms with Gasteiger partial charge < -0.3 is 4.42 Å². The fourth-order valence-corrected chi connectivity index (χ4v) is 3.79. The minimum Gasteiger partial charge on any atom is -0.457 e. The van der Waals surface area contributed by atoms with E-state index in [9.17, 15) is 14.9 Å². The maximum Gasteiger partial charge on any atom is 0.270 e. The molecule has 2 heterocycles. The Balaban J connectivity index is 1.91. The van der Waals surface area contributed by atoms with Crippen LogP contribution in [0.25, 0.3) is 17.4 Å². The van der Waals surface area contributed by atoms with E-state index >= 15 is 0 Å². The zero-order valence-corrected chi connectivity index (χ0v) is 15.4. The summed E-state index contributed by atoms with van der Waals surface area (Å²) in [5.41, 5.74) is 0.673. The number of nitro groups is 1. The third-order valence-corrected chi connectivity index (χ3v) is 5.46. The molecule has 1 amide bonds. The maximum atomic E-state index is 12.0. The summed E-state index contributed by atoms with van der Waals surface area (Å²) in [6.45, 7) is 0. The number of benzene rings is 1. The Morgan fingerprint density at radius 2 is 2.12 bits per heavy atom. The summed E-state index contributed by atoms with van der Waals surface area (Å²) in [5, 5.41) is 10.8. The Labute approximate surface area is 154 Å². The molecule has 122 valence electrons. The molecule has 0 radical (unpaired) electrons. The molecule has 0 N–H and O–H groups in total. The molecule has 1 aliphatic heterocycles. The molecule has 0 atom stereocenters. The highest BCUT2D eigenvalue weighted by atomic mass is 79.9. The van der Waals surface area contributed by atoms with Crippen LogP contribution < -0.4 is 0 Å². The summed E-state index contributed by atoms with van der Waals surface area (Å²) in [4.78, 5) is 24.2. The van der Waals surface area contributed by atoms with Crippen molar-refractivity contribution in [2.24, 2.45) is 0 Å². The van der Waals surface area contributed by atoms with E-state index in [0.717, 1.165) is 0 Å². The maximum absolute atomic E-state index is 12.0. The number of thiocarbonyl (C=S) groups is 1. The van der Waals surface area contributed by atoms with Crippen LogP contribution in [0.5, 0.6) is 0 Å².